The van der Waals surface area contributed by atoms with Crippen LogP contribution in [0.1, 0.15) is 78.1 Å². The molecule has 5 aliphatic rings. The van der Waals surface area contributed by atoms with Crippen molar-refractivity contribution in [2.75, 3.05) is 0 Å². The van der Waals surface area contributed by atoms with Gasteiger partial charge in [-0.1, -0.05) is 19.1 Å². The molecule has 4 saturated carbocycles. The number of hydrogen-bond acceptors (Lipinski definition) is 3. The van der Waals surface area contributed by atoms with Crippen molar-refractivity contribution in [2.24, 2.45) is 40.4 Å². The molecular formula is C24H36O3. The molecule has 4 unspecified atom stereocenters. The third-order valence-electron chi connectivity index (χ3n) is 9.87. The lowest BCUT2D eigenvalue weighted by Gasteiger charge is -2.61. The van der Waals surface area contributed by atoms with E-state index >= 15 is 0 Å². The molecule has 27 heavy (non-hydrogen) atoms. The van der Waals surface area contributed by atoms with Crippen LogP contribution < -0.4 is 0 Å². The maximum Gasteiger partial charge on any atom is 0.302 e. The Labute approximate surface area is 163 Å². The molecule has 9 atom stereocenters. The van der Waals surface area contributed by atoms with Crippen LogP contribution in [-0.2, 0) is 9.53 Å². The first-order valence-electron chi connectivity index (χ1n) is 11.5. The Hall–Kier alpha value is -0.830. The van der Waals surface area contributed by atoms with E-state index < -0.39 is 0 Å². The highest BCUT2D eigenvalue weighted by molar-refractivity contribution is 5.66. The third kappa shape index (κ3) is 2.59. The highest BCUT2D eigenvalue weighted by Gasteiger charge is 2.62. The molecule has 0 aromatic carbocycles. The van der Waals surface area contributed by atoms with Gasteiger partial charge in [0.2, 0.25) is 0 Å². The van der Waals surface area contributed by atoms with Crippen molar-refractivity contribution in [1.29, 1.82) is 0 Å². The van der Waals surface area contributed by atoms with Crippen molar-refractivity contribution >= 4 is 5.97 Å². The summed E-state index contributed by atoms with van der Waals surface area (Å²) in [4.78, 5) is 11.4. The molecule has 0 bridgehead atoms. The Balaban J connectivity index is 1.39. The second kappa shape index (κ2) is 6.34. The number of carbonyl (C=O) groups excluding carboxylic acids is 1. The van der Waals surface area contributed by atoms with E-state index in [1.165, 1.54) is 44.9 Å². The van der Waals surface area contributed by atoms with Crippen molar-refractivity contribution in [3.8, 4) is 0 Å². The first kappa shape index (κ1) is 18.2. The largest absolute Gasteiger partial charge is 0.463 e. The van der Waals surface area contributed by atoms with Gasteiger partial charge in [0, 0.05) is 6.92 Å². The smallest absolute Gasteiger partial charge is 0.302 e. The van der Waals surface area contributed by atoms with Gasteiger partial charge in [-0.25, -0.2) is 0 Å². The van der Waals surface area contributed by atoms with Crippen LogP contribution in [0.2, 0.25) is 0 Å². The van der Waals surface area contributed by atoms with Crippen LogP contribution in [0.3, 0.4) is 0 Å². The molecule has 1 N–H and O–H groups in total. The van der Waals surface area contributed by atoms with Crippen molar-refractivity contribution < 1.29 is 14.6 Å². The Morgan fingerprint density at radius 1 is 1.04 bits per heavy atom. The molecule has 0 radical (unpaired) electrons. The summed E-state index contributed by atoms with van der Waals surface area (Å²) < 4.78 is 5.60. The van der Waals surface area contributed by atoms with E-state index in [0.717, 1.165) is 42.9 Å². The molecule has 0 saturated heterocycles. The van der Waals surface area contributed by atoms with E-state index in [1.54, 1.807) is 6.92 Å². The average molecular weight is 373 g/mol. The minimum atomic E-state index is -0.114. The minimum absolute atomic E-state index is 0.109. The van der Waals surface area contributed by atoms with Crippen molar-refractivity contribution in [1.82, 2.24) is 0 Å². The Morgan fingerprint density at radius 2 is 1.85 bits per heavy atom. The van der Waals surface area contributed by atoms with Gasteiger partial charge in [0.25, 0.3) is 0 Å². The minimum Gasteiger partial charge on any atom is -0.463 e. The van der Waals surface area contributed by atoms with Crippen LogP contribution in [0.15, 0.2) is 12.2 Å². The van der Waals surface area contributed by atoms with Crippen LogP contribution in [0.5, 0.6) is 0 Å². The maximum absolute atomic E-state index is 11.4. The predicted molar refractivity (Wildman–Crippen MR) is 105 cm³/mol. The SMILES string of the molecule is CC(=O)O[C@@H]1CC[C@]2(C)C3CC[C@]45C=CC[C@H](O)C4CCC5C3CC[C@H]2C1. The molecule has 0 aromatic heterocycles. The van der Waals surface area contributed by atoms with Gasteiger partial charge < -0.3 is 9.84 Å². The summed E-state index contributed by atoms with van der Waals surface area (Å²) in [6, 6.07) is 0. The average Bonchev–Trinajstić information content (AvgIpc) is 3.03. The molecule has 5 aliphatic carbocycles. The fraction of sp³-hybridized carbons (Fsp3) is 0.875. The van der Waals surface area contributed by atoms with Gasteiger partial charge in [0.15, 0.2) is 0 Å². The summed E-state index contributed by atoms with van der Waals surface area (Å²) >= 11 is 0. The van der Waals surface area contributed by atoms with Gasteiger partial charge in [-0.2, -0.15) is 0 Å². The second-order valence-corrected chi connectivity index (χ2v) is 10.7. The van der Waals surface area contributed by atoms with Crippen molar-refractivity contribution in [3.63, 3.8) is 0 Å². The normalized spacial score (nSPS) is 53.7. The van der Waals surface area contributed by atoms with E-state index in [0.29, 0.717) is 16.7 Å². The summed E-state index contributed by atoms with van der Waals surface area (Å²) in [5.41, 5.74) is 0.729. The van der Waals surface area contributed by atoms with Crippen LogP contribution >= 0.6 is 0 Å². The highest BCUT2D eigenvalue weighted by Crippen LogP contribution is 2.69. The molecular weight excluding hydrogens is 336 g/mol. The lowest BCUT2D eigenvalue weighted by Crippen LogP contribution is -2.55. The lowest BCUT2D eigenvalue weighted by atomic mass is 9.44. The first-order chi connectivity index (χ1) is 12.9. The first-order valence-corrected chi connectivity index (χ1v) is 11.5. The molecule has 1 spiro atoms. The van der Waals surface area contributed by atoms with Gasteiger partial charge >= 0.3 is 5.97 Å². The third-order valence-corrected chi connectivity index (χ3v) is 9.87. The van der Waals surface area contributed by atoms with Crippen LogP contribution in [0.4, 0.5) is 0 Å². The van der Waals surface area contributed by atoms with Gasteiger partial charge in [-0.3, -0.25) is 4.79 Å². The van der Waals surface area contributed by atoms with E-state index in [2.05, 4.69) is 19.1 Å². The number of rotatable bonds is 1. The molecule has 3 nitrogen and oxygen atoms in total. The summed E-state index contributed by atoms with van der Waals surface area (Å²) in [6.45, 7) is 4.11. The van der Waals surface area contributed by atoms with Crippen LogP contribution in [-0.4, -0.2) is 23.3 Å². The Morgan fingerprint density at radius 3 is 2.67 bits per heavy atom. The van der Waals surface area contributed by atoms with Gasteiger partial charge in [0.1, 0.15) is 6.10 Å². The topological polar surface area (TPSA) is 46.5 Å². The molecule has 3 heteroatoms. The number of carbonyl (C=O) groups is 1. The van der Waals surface area contributed by atoms with Gasteiger partial charge in [-0.15, -0.1) is 0 Å². The van der Waals surface area contributed by atoms with Crippen LogP contribution in [0, 0.1) is 40.4 Å². The number of aliphatic hydroxyl groups is 1. The lowest BCUT2D eigenvalue weighted by molar-refractivity contribution is -0.160. The predicted octanol–water partition coefficient (Wildman–Crippen LogP) is 4.88. The number of fused-ring (bicyclic) bond motifs is 4. The molecule has 0 aliphatic heterocycles. The zero-order valence-corrected chi connectivity index (χ0v) is 17.0. The van der Waals surface area contributed by atoms with E-state index in [-0.39, 0.29) is 18.2 Å². The standard InChI is InChI=1S/C24H36O3/c1-15(25)27-17-9-12-23(2)16(14-17)5-6-18-19(23)10-13-24-11-3-4-22(26)21(24)8-7-20(18)24/h3,11,16-22,26H,4-10,12-14H2,1-2H3/t16-,17+,18?,19?,20?,21?,22-,23-,24-/m0/s1. The summed E-state index contributed by atoms with van der Waals surface area (Å²) in [7, 11) is 0. The zero-order chi connectivity index (χ0) is 18.8. The summed E-state index contributed by atoms with van der Waals surface area (Å²) in [5.74, 6) is 3.57. The molecule has 150 valence electrons. The number of allylic oxidation sites excluding steroid dienone is 1. The fourth-order valence-corrected chi connectivity index (χ4v) is 8.80. The molecule has 5 rings (SSSR count). The van der Waals surface area contributed by atoms with E-state index in [1.807, 2.05) is 0 Å². The highest BCUT2D eigenvalue weighted by atomic mass is 16.5. The van der Waals surface area contributed by atoms with Crippen molar-refractivity contribution in [3.05, 3.63) is 12.2 Å². The molecule has 0 heterocycles. The molecule has 0 aromatic rings. The van der Waals surface area contributed by atoms with Gasteiger partial charge in [0.05, 0.1) is 6.10 Å². The quantitative estimate of drug-likeness (QED) is 0.527. The Kier molecular flexibility index (Phi) is 4.28. The monoisotopic (exact) mass is 372 g/mol. The summed E-state index contributed by atoms with van der Waals surface area (Å²) in [5, 5.41) is 10.7. The number of esters is 1. The number of hydrogen-bond donors (Lipinski definition) is 1. The fourth-order valence-electron chi connectivity index (χ4n) is 8.80. The number of ether oxygens (including phenoxy) is 1. The second-order valence-electron chi connectivity index (χ2n) is 10.7. The van der Waals surface area contributed by atoms with Gasteiger partial charge in [-0.05, 0) is 105 Å². The number of aliphatic hydroxyl groups excluding tert-OH is 1. The molecule has 0 amide bonds. The Bertz CT molecular complexity index is 642. The van der Waals surface area contributed by atoms with E-state index in [9.17, 15) is 9.90 Å². The van der Waals surface area contributed by atoms with Crippen molar-refractivity contribution in [2.45, 2.75) is 90.3 Å². The van der Waals surface area contributed by atoms with Crippen LogP contribution in [0.25, 0.3) is 0 Å². The van der Waals surface area contributed by atoms with E-state index in [4.69, 9.17) is 4.74 Å². The molecule has 4 fully saturated rings. The zero-order valence-electron chi connectivity index (χ0n) is 17.0. The summed E-state index contributed by atoms with van der Waals surface area (Å²) in [6.07, 6.45) is 16.9. The maximum atomic E-state index is 11.4.